The molecule has 1 aromatic rings. The van der Waals surface area contributed by atoms with Crippen molar-refractivity contribution in [3.05, 3.63) is 29.3 Å². The second kappa shape index (κ2) is 5.27. The van der Waals surface area contributed by atoms with Crippen LogP contribution in [0.2, 0.25) is 0 Å². The molecule has 1 atom stereocenters. The number of nitrogens with two attached hydrogens (primary N) is 1. The lowest BCUT2D eigenvalue weighted by Crippen LogP contribution is -2.41. The number of hydrogen-bond donors (Lipinski definition) is 2. The average molecular weight is 291 g/mol. The molecule has 1 aromatic carbocycles. The summed E-state index contributed by atoms with van der Waals surface area (Å²) in [5, 5.41) is 11.0. The van der Waals surface area contributed by atoms with E-state index in [1.807, 2.05) is 12.1 Å². The van der Waals surface area contributed by atoms with E-state index >= 15 is 0 Å². The van der Waals surface area contributed by atoms with Gasteiger partial charge in [-0.25, -0.2) is 0 Å². The molecule has 4 heteroatoms. The molecule has 1 unspecified atom stereocenters. The van der Waals surface area contributed by atoms with E-state index in [9.17, 15) is 5.11 Å². The van der Waals surface area contributed by atoms with Gasteiger partial charge in [-0.15, -0.1) is 0 Å². The Morgan fingerprint density at radius 2 is 2.00 bits per heavy atom. The highest BCUT2D eigenvalue weighted by molar-refractivity contribution is 5.47. The summed E-state index contributed by atoms with van der Waals surface area (Å²) in [7, 11) is 0. The van der Waals surface area contributed by atoms with Crippen LogP contribution in [0.25, 0.3) is 0 Å². The summed E-state index contributed by atoms with van der Waals surface area (Å²) >= 11 is 0. The monoisotopic (exact) mass is 291 g/mol. The van der Waals surface area contributed by atoms with E-state index < -0.39 is 6.10 Å². The maximum Gasteiger partial charge on any atom is 0.129 e. The number of aliphatic hydroxyl groups is 1. The Hall–Kier alpha value is -1.10. The van der Waals surface area contributed by atoms with Crippen LogP contribution in [0.15, 0.2) is 18.2 Å². The third-order valence-electron chi connectivity index (χ3n) is 4.89. The van der Waals surface area contributed by atoms with Crippen LogP contribution < -0.4 is 10.5 Å². The summed E-state index contributed by atoms with van der Waals surface area (Å²) in [5.41, 5.74) is 7.57. The van der Waals surface area contributed by atoms with E-state index in [0.717, 1.165) is 30.6 Å². The molecule has 2 aliphatic rings. The molecule has 1 saturated heterocycles. The third kappa shape index (κ3) is 2.56. The first-order chi connectivity index (χ1) is 9.97. The van der Waals surface area contributed by atoms with Crippen molar-refractivity contribution in [2.24, 2.45) is 11.1 Å². The average Bonchev–Trinajstić information content (AvgIpc) is 2.80. The van der Waals surface area contributed by atoms with Crippen molar-refractivity contribution in [1.82, 2.24) is 0 Å². The molecule has 116 valence electrons. The van der Waals surface area contributed by atoms with Gasteiger partial charge in [0.1, 0.15) is 11.4 Å². The number of hydrogen-bond acceptors (Lipinski definition) is 4. The van der Waals surface area contributed by atoms with Gasteiger partial charge >= 0.3 is 0 Å². The number of fused-ring (bicyclic) bond motifs is 1. The van der Waals surface area contributed by atoms with Gasteiger partial charge in [-0.3, -0.25) is 0 Å². The van der Waals surface area contributed by atoms with Gasteiger partial charge in [-0.1, -0.05) is 18.2 Å². The number of benzene rings is 1. The zero-order valence-corrected chi connectivity index (χ0v) is 12.9. The first kappa shape index (κ1) is 14.8. The Morgan fingerprint density at radius 3 is 2.67 bits per heavy atom. The van der Waals surface area contributed by atoms with Crippen LogP contribution in [-0.4, -0.2) is 30.5 Å². The number of para-hydroxylation sites is 1. The quantitative estimate of drug-likeness (QED) is 0.896. The zero-order chi connectivity index (χ0) is 15.1. The second-order valence-corrected chi connectivity index (χ2v) is 6.96. The summed E-state index contributed by atoms with van der Waals surface area (Å²) in [6.45, 7) is 5.95. The zero-order valence-electron chi connectivity index (χ0n) is 12.9. The molecule has 1 fully saturated rings. The van der Waals surface area contributed by atoms with Crippen LogP contribution in [0, 0.1) is 5.41 Å². The van der Waals surface area contributed by atoms with Crippen molar-refractivity contribution in [3.63, 3.8) is 0 Å². The fourth-order valence-electron chi connectivity index (χ4n) is 3.55. The maximum atomic E-state index is 11.0. The minimum atomic E-state index is -0.602. The van der Waals surface area contributed by atoms with E-state index in [0.29, 0.717) is 19.8 Å². The first-order valence-electron chi connectivity index (χ1n) is 7.74. The van der Waals surface area contributed by atoms with Crippen molar-refractivity contribution in [1.29, 1.82) is 0 Å². The van der Waals surface area contributed by atoms with Crippen molar-refractivity contribution >= 4 is 0 Å². The Labute approximate surface area is 126 Å². The molecule has 0 spiro atoms. The molecule has 0 aliphatic carbocycles. The molecule has 0 amide bonds. The second-order valence-electron chi connectivity index (χ2n) is 6.96. The van der Waals surface area contributed by atoms with E-state index in [1.54, 1.807) is 0 Å². The highest BCUT2D eigenvalue weighted by Crippen LogP contribution is 2.47. The fraction of sp³-hybridized carbons (Fsp3) is 0.647. The molecule has 21 heavy (non-hydrogen) atoms. The van der Waals surface area contributed by atoms with Crippen molar-refractivity contribution in [3.8, 4) is 5.75 Å². The number of rotatable bonds is 3. The number of aliphatic hydroxyl groups excluding tert-OH is 1. The molecule has 4 nitrogen and oxygen atoms in total. The molecule has 0 saturated carbocycles. The highest BCUT2D eigenvalue weighted by Gasteiger charge is 2.42. The van der Waals surface area contributed by atoms with Crippen LogP contribution in [0.4, 0.5) is 0 Å². The molecular weight excluding hydrogens is 266 g/mol. The van der Waals surface area contributed by atoms with E-state index in [4.69, 9.17) is 15.2 Å². The van der Waals surface area contributed by atoms with Crippen LogP contribution in [0.5, 0.6) is 5.75 Å². The largest absolute Gasteiger partial charge is 0.487 e. The smallest absolute Gasteiger partial charge is 0.129 e. The Morgan fingerprint density at radius 1 is 1.29 bits per heavy atom. The maximum absolute atomic E-state index is 11.0. The molecule has 3 rings (SSSR count). The predicted octanol–water partition coefficient (Wildman–Crippen LogP) is 2.19. The summed E-state index contributed by atoms with van der Waals surface area (Å²) < 4.78 is 11.5. The lowest BCUT2D eigenvalue weighted by atomic mass is 9.72. The normalized spacial score (nSPS) is 24.2. The summed E-state index contributed by atoms with van der Waals surface area (Å²) in [6.07, 6.45) is 1.85. The van der Waals surface area contributed by atoms with Gasteiger partial charge in [0.05, 0.1) is 6.10 Å². The summed E-state index contributed by atoms with van der Waals surface area (Å²) in [6, 6.07) is 6.06. The standard InChI is InChI=1S/C17H25NO3/c1-16(2)10-12-4-3-5-13(14(12)21-16)15(19)17(11-18)6-8-20-9-7-17/h3-5,15,19H,6-11,18H2,1-2H3. The van der Waals surface area contributed by atoms with Crippen LogP contribution >= 0.6 is 0 Å². The van der Waals surface area contributed by atoms with E-state index in [2.05, 4.69) is 19.9 Å². The Kier molecular flexibility index (Phi) is 3.72. The SMILES string of the molecule is CC1(C)Cc2cccc(C(O)C3(CN)CCOCC3)c2O1. The molecule has 2 aliphatic heterocycles. The summed E-state index contributed by atoms with van der Waals surface area (Å²) in [4.78, 5) is 0. The van der Waals surface area contributed by atoms with Gasteiger partial charge in [0.25, 0.3) is 0 Å². The molecule has 2 heterocycles. The first-order valence-corrected chi connectivity index (χ1v) is 7.74. The lowest BCUT2D eigenvalue weighted by Gasteiger charge is -2.40. The summed E-state index contributed by atoms with van der Waals surface area (Å²) in [5.74, 6) is 0.856. The van der Waals surface area contributed by atoms with Crippen LogP contribution in [0.3, 0.4) is 0 Å². The Bertz CT molecular complexity index is 521. The third-order valence-corrected chi connectivity index (χ3v) is 4.89. The molecule has 0 radical (unpaired) electrons. The minimum Gasteiger partial charge on any atom is -0.487 e. The van der Waals surface area contributed by atoms with Crippen molar-refractivity contribution in [2.75, 3.05) is 19.8 Å². The molecule has 0 bridgehead atoms. The van der Waals surface area contributed by atoms with Gasteiger partial charge in [0, 0.05) is 37.2 Å². The molecular formula is C17H25NO3. The Balaban J connectivity index is 1.96. The van der Waals surface area contributed by atoms with Gasteiger partial charge in [0.2, 0.25) is 0 Å². The van der Waals surface area contributed by atoms with E-state index in [1.165, 1.54) is 5.56 Å². The van der Waals surface area contributed by atoms with Crippen LogP contribution in [-0.2, 0) is 11.2 Å². The topological polar surface area (TPSA) is 64.7 Å². The van der Waals surface area contributed by atoms with Crippen molar-refractivity contribution in [2.45, 2.75) is 44.8 Å². The minimum absolute atomic E-state index is 0.205. The lowest BCUT2D eigenvalue weighted by molar-refractivity contribution is -0.0593. The highest BCUT2D eigenvalue weighted by atomic mass is 16.5. The van der Waals surface area contributed by atoms with Gasteiger partial charge in [-0.2, -0.15) is 0 Å². The van der Waals surface area contributed by atoms with Gasteiger partial charge in [0.15, 0.2) is 0 Å². The molecule has 0 aromatic heterocycles. The number of ether oxygens (including phenoxy) is 2. The van der Waals surface area contributed by atoms with Crippen LogP contribution in [0.1, 0.15) is 43.9 Å². The van der Waals surface area contributed by atoms with Gasteiger partial charge < -0.3 is 20.3 Å². The van der Waals surface area contributed by atoms with Gasteiger partial charge in [-0.05, 0) is 32.3 Å². The van der Waals surface area contributed by atoms with E-state index in [-0.39, 0.29) is 11.0 Å². The van der Waals surface area contributed by atoms with Crippen molar-refractivity contribution < 1.29 is 14.6 Å². The fourth-order valence-corrected chi connectivity index (χ4v) is 3.55. The molecule has 3 N–H and O–H groups in total. The predicted molar refractivity (Wildman–Crippen MR) is 81.4 cm³/mol.